The summed E-state index contributed by atoms with van der Waals surface area (Å²) in [4.78, 5) is 13.8. The van der Waals surface area contributed by atoms with Crippen LogP contribution in [-0.2, 0) is 16.1 Å². The number of nitrogens with zero attached hydrogens (tertiary/aromatic N) is 1. The van der Waals surface area contributed by atoms with Crippen molar-refractivity contribution in [1.29, 1.82) is 0 Å². The van der Waals surface area contributed by atoms with Crippen LogP contribution in [-0.4, -0.2) is 43.7 Å². The summed E-state index contributed by atoms with van der Waals surface area (Å²) in [5, 5.41) is 3.39. The summed E-state index contributed by atoms with van der Waals surface area (Å²) in [5.41, 5.74) is 2.12. The van der Waals surface area contributed by atoms with Crippen molar-refractivity contribution in [3.05, 3.63) is 65.5 Å². The van der Waals surface area contributed by atoms with Crippen molar-refractivity contribution in [3.63, 3.8) is 0 Å². The number of methoxy groups -OCH3 is 1. The molecule has 0 saturated carbocycles. The smallest absolute Gasteiger partial charge is 0.346 e. The van der Waals surface area contributed by atoms with Crippen molar-refractivity contribution >= 4 is 5.97 Å². The first-order valence-electron chi connectivity index (χ1n) is 9.10. The Labute approximate surface area is 159 Å². The Morgan fingerprint density at radius 2 is 2.07 bits per heavy atom. The number of rotatable bonds is 6. The molecule has 1 N–H and O–H groups in total. The second-order valence-corrected chi connectivity index (χ2v) is 6.67. The van der Waals surface area contributed by atoms with Crippen LogP contribution in [0.2, 0.25) is 0 Å². The zero-order valence-corrected chi connectivity index (χ0v) is 15.7. The van der Waals surface area contributed by atoms with Gasteiger partial charge in [0.15, 0.2) is 6.10 Å². The van der Waals surface area contributed by atoms with Gasteiger partial charge in [0.1, 0.15) is 11.6 Å². The lowest BCUT2D eigenvalue weighted by Crippen LogP contribution is -2.45. The Morgan fingerprint density at radius 3 is 2.78 bits per heavy atom. The fourth-order valence-electron chi connectivity index (χ4n) is 3.30. The first-order chi connectivity index (χ1) is 13.1. The van der Waals surface area contributed by atoms with Gasteiger partial charge in [-0.3, -0.25) is 4.90 Å². The molecule has 2 aromatic carbocycles. The van der Waals surface area contributed by atoms with E-state index in [-0.39, 0.29) is 11.9 Å². The van der Waals surface area contributed by atoms with Crippen molar-refractivity contribution in [2.24, 2.45) is 0 Å². The van der Waals surface area contributed by atoms with E-state index in [1.54, 1.807) is 19.1 Å². The molecule has 6 heteroatoms. The normalized spacial score (nSPS) is 18.7. The lowest BCUT2D eigenvalue weighted by atomic mass is 10.0. The summed E-state index contributed by atoms with van der Waals surface area (Å²) < 4.78 is 23.9. The first kappa shape index (κ1) is 19.3. The van der Waals surface area contributed by atoms with Crippen molar-refractivity contribution in [2.45, 2.75) is 25.6 Å². The predicted octanol–water partition coefficient (Wildman–Crippen LogP) is 2.91. The number of hydrogen-bond donors (Lipinski definition) is 1. The maximum absolute atomic E-state index is 13.6. The Bertz CT molecular complexity index is 766. The third-order valence-electron chi connectivity index (χ3n) is 4.74. The standard InChI is InChI=1S/C21H25FN2O3/c1-15(21(25)26-2)27-19-8-6-16(7-9-19)14-24-11-10-23-13-20(24)17-4-3-5-18(22)12-17/h3-9,12,15,20,23H,10-11,13-14H2,1-2H3. The van der Waals surface area contributed by atoms with E-state index in [9.17, 15) is 9.18 Å². The highest BCUT2D eigenvalue weighted by Crippen LogP contribution is 2.25. The highest BCUT2D eigenvalue weighted by Gasteiger charge is 2.24. The van der Waals surface area contributed by atoms with Crippen LogP contribution in [0.1, 0.15) is 24.1 Å². The average Bonchev–Trinajstić information content (AvgIpc) is 2.69. The van der Waals surface area contributed by atoms with Crippen LogP contribution in [0, 0.1) is 5.82 Å². The number of esters is 1. The first-order valence-corrected chi connectivity index (χ1v) is 9.10. The summed E-state index contributed by atoms with van der Waals surface area (Å²) in [6.07, 6.45) is -0.647. The van der Waals surface area contributed by atoms with Gasteiger partial charge in [-0.2, -0.15) is 0 Å². The van der Waals surface area contributed by atoms with Crippen molar-refractivity contribution in [1.82, 2.24) is 10.2 Å². The van der Waals surface area contributed by atoms with Crippen LogP contribution < -0.4 is 10.1 Å². The number of piperazine rings is 1. The lowest BCUT2D eigenvalue weighted by Gasteiger charge is -2.36. The average molecular weight is 372 g/mol. The number of carbonyl (C=O) groups is 1. The van der Waals surface area contributed by atoms with Crippen molar-refractivity contribution in [2.75, 3.05) is 26.7 Å². The summed E-state index contributed by atoms with van der Waals surface area (Å²) in [6.45, 7) is 5.00. The molecule has 0 aromatic heterocycles. The van der Waals surface area contributed by atoms with Gasteiger partial charge >= 0.3 is 5.97 Å². The quantitative estimate of drug-likeness (QED) is 0.790. The number of ether oxygens (including phenoxy) is 2. The molecule has 1 heterocycles. The molecule has 1 aliphatic heterocycles. The fourth-order valence-corrected chi connectivity index (χ4v) is 3.30. The predicted molar refractivity (Wildman–Crippen MR) is 101 cm³/mol. The molecule has 1 aliphatic rings. The largest absolute Gasteiger partial charge is 0.479 e. The van der Waals surface area contributed by atoms with Gasteiger partial charge in [0, 0.05) is 32.2 Å². The molecule has 2 aromatic rings. The van der Waals surface area contributed by atoms with Gasteiger partial charge in [0.2, 0.25) is 0 Å². The van der Waals surface area contributed by atoms with Crippen LogP contribution in [0.5, 0.6) is 5.75 Å². The molecular formula is C21H25FN2O3. The third kappa shape index (κ3) is 5.05. The summed E-state index contributed by atoms with van der Waals surface area (Å²) >= 11 is 0. The Hall–Kier alpha value is -2.44. The highest BCUT2D eigenvalue weighted by molar-refractivity contribution is 5.74. The lowest BCUT2D eigenvalue weighted by molar-refractivity contribution is -0.147. The summed E-state index contributed by atoms with van der Waals surface area (Å²) in [6, 6.07) is 14.6. The van der Waals surface area contributed by atoms with Crippen LogP contribution in [0.25, 0.3) is 0 Å². The van der Waals surface area contributed by atoms with Gasteiger partial charge in [-0.15, -0.1) is 0 Å². The van der Waals surface area contributed by atoms with E-state index in [0.29, 0.717) is 5.75 Å². The molecule has 27 heavy (non-hydrogen) atoms. The fraction of sp³-hybridized carbons (Fsp3) is 0.381. The van der Waals surface area contributed by atoms with Gasteiger partial charge < -0.3 is 14.8 Å². The molecule has 0 spiro atoms. The second kappa shape index (κ2) is 8.97. The number of nitrogens with one attached hydrogen (secondary N) is 1. The van der Waals surface area contributed by atoms with E-state index < -0.39 is 12.1 Å². The van der Waals surface area contributed by atoms with E-state index >= 15 is 0 Å². The molecule has 1 saturated heterocycles. The Balaban J connectivity index is 1.67. The number of halogens is 1. The maximum atomic E-state index is 13.6. The van der Waals surface area contributed by atoms with Crippen LogP contribution in [0.3, 0.4) is 0 Å². The molecule has 2 unspecified atom stereocenters. The van der Waals surface area contributed by atoms with Gasteiger partial charge in [0.25, 0.3) is 0 Å². The summed E-state index contributed by atoms with van der Waals surface area (Å²) in [7, 11) is 1.34. The van der Waals surface area contributed by atoms with E-state index in [1.165, 1.54) is 13.2 Å². The third-order valence-corrected chi connectivity index (χ3v) is 4.74. The number of carbonyl (C=O) groups excluding carboxylic acids is 1. The van der Waals surface area contributed by atoms with Crippen molar-refractivity contribution in [3.8, 4) is 5.75 Å². The zero-order chi connectivity index (χ0) is 19.2. The maximum Gasteiger partial charge on any atom is 0.346 e. The van der Waals surface area contributed by atoms with Gasteiger partial charge in [-0.1, -0.05) is 24.3 Å². The van der Waals surface area contributed by atoms with Gasteiger partial charge in [-0.05, 0) is 42.3 Å². The molecule has 0 radical (unpaired) electrons. The minimum atomic E-state index is -0.647. The van der Waals surface area contributed by atoms with E-state index in [1.807, 2.05) is 30.3 Å². The molecule has 144 valence electrons. The molecule has 3 rings (SSSR count). The van der Waals surface area contributed by atoms with Crippen molar-refractivity contribution < 1.29 is 18.7 Å². The van der Waals surface area contributed by atoms with E-state index in [0.717, 1.165) is 37.3 Å². The molecule has 0 bridgehead atoms. The van der Waals surface area contributed by atoms with Crippen LogP contribution in [0.15, 0.2) is 48.5 Å². The minimum absolute atomic E-state index is 0.129. The number of hydrogen-bond acceptors (Lipinski definition) is 5. The molecule has 0 aliphatic carbocycles. The number of benzene rings is 2. The Kier molecular flexibility index (Phi) is 6.42. The molecule has 2 atom stereocenters. The van der Waals surface area contributed by atoms with E-state index in [4.69, 9.17) is 4.74 Å². The second-order valence-electron chi connectivity index (χ2n) is 6.67. The molecule has 5 nitrogen and oxygen atoms in total. The topological polar surface area (TPSA) is 50.8 Å². The Morgan fingerprint density at radius 1 is 1.30 bits per heavy atom. The van der Waals surface area contributed by atoms with Gasteiger partial charge in [-0.25, -0.2) is 9.18 Å². The van der Waals surface area contributed by atoms with Crippen LogP contribution >= 0.6 is 0 Å². The monoisotopic (exact) mass is 372 g/mol. The van der Waals surface area contributed by atoms with E-state index in [2.05, 4.69) is 15.0 Å². The molecular weight excluding hydrogens is 347 g/mol. The van der Waals surface area contributed by atoms with Gasteiger partial charge in [0.05, 0.1) is 7.11 Å². The minimum Gasteiger partial charge on any atom is -0.479 e. The summed E-state index contributed by atoms with van der Waals surface area (Å²) in [5.74, 6) is 0.00993. The SMILES string of the molecule is COC(=O)C(C)Oc1ccc(CN2CCNCC2c2cccc(F)c2)cc1. The molecule has 0 amide bonds. The zero-order valence-electron chi connectivity index (χ0n) is 15.7. The highest BCUT2D eigenvalue weighted by atomic mass is 19.1. The molecule has 1 fully saturated rings. The van der Waals surface area contributed by atoms with Crippen LogP contribution in [0.4, 0.5) is 4.39 Å².